The zero-order valence-electron chi connectivity index (χ0n) is 18.6. The molecule has 1 aliphatic carbocycles. The SMILES string of the molecule is C[C@H]1O[C@@H](n2c(NC3CCCC3)nc3c(OCc4ccc(C#N)c(F)c4)ncnc32)[C@H](O)[C@@H]1O. The summed E-state index contributed by atoms with van der Waals surface area (Å²) in [7, 11) is 0. The van der Waals surface area contributed by atoms with Crippen LogP contribution in [0.1, 0.15) is 50.0 Å². The average Bonchev–Trinajstić information content (AvgIpc) is 3.53. The van der Waals surface area contributed by atoms with Crippen molar-refractivity contribution in [3.63, 3.8) is 0 Å². The fourth-order valence-electron chi connectivity index (χ4n) is 4.52. The van der Waals surface area contributed by atoms with Crippen LogP contribution in [-0.4, -0.2) is 54.1 Å². The Bertz CT molecular complexity index is 1240. The van der Waals surface area contributed by atoms with E-state index in [1.165, 1.54) is 18.5 Å². The Balaban J connectivity index is 1.50. The third kappa shape index (κ3) is 4.04. The van der Waals surface area contributed by atoms with E-state index in [4.69, 9.17) is 14.7 Å². The molecule has 3 aromatic rings. The number of nitrogens with one attached hydrogen (secondary N) is 1. The van der Waals surface area contributed by atoms with Gasteiger partial charge < -0.3 is 25.0 Å². The lowest BCUT2D eigenvalue weighted by molar-refractivity contribution is -0.0287. The number of imidazole rings is 1. The smallest absolute Gasteiger partial charge is 0.245 e. The van der Waals surface area contributed by atoms with E-state index in [9.17, 15) is 14.6 Å². The fourth-order valence-corrected chi connectivity index (χ4v) is 4.52. The van der Waals surface area contributed by atoms with Crippen molar-refractivity contribution in [2.75, 3.05) is 5.32 Å². The van der Waals surface area contributed by atoms with Crippen LogP contribution in [0.5, 0.6) is 5.88 Å². The molecule has 0 spiro atoms. The molecule has 3 heterocycles. The number of nitriles is 1. The summed E-state index contributed by atoms with van der Waals surface area (Å²) < 4.78 is 27.3. The number of anilines is 1. The molecule has 2 fully saturated rings. The highest BCUT2D eigenvalue weighted by molar-refractivity contribution is 5.79. The van der Waals surface area contributed by atoms with Crippen LogP contribution >= 0.6 is 0 Å². The lowest BCUT2D eigenvalue weighted by atomic mass is 10.1. The van der Waals surface area contributed by atoms with Gasteiger partial charge in [0.1, 0.15) is 37.0 Å². The number of ether oxygens (including phenoxy) is 2. The third-order valence-electron chi connectivity index (χ3n) is 6.39. The molecule has 1 saturated carbocycles. The van der Waals surface area contributed by atoms with E-state index in [0.29, 0.717) is 22.7 Å². The predicted octanol–water partition coefficient (Wildman–Crippen LogP) is 2.41. The van der Waals surface area contributed by atoms with E-state index in [2.05, 4.69) is 20.3 Å². The van der Waals surface area contributed by atoms with Gasteiger partial charge in [-0.2, -0.15) is 10.2 Å². The highest BCUT2D eigenvalue weighted by Gasteiger charge is 2.43. The summed E-state index contributed by atoms with van der Waals surface area (Å²) in [5.41, 5.74) is 1.21. The third-order valence-corrected chi connectivity index (χ3v) is 6.39. The van der Waals surface area contributed by atoms with Crippen LogP contribution in [0.3, 0.4) is 0 Å². The first-order valence-corrected chi connectivity index (χ1v) is 11.3. The van der Waals surface area contributed by atoms with Crippen molar-refractivity contribution in [3.05, 3.63) is 41.5 Å². The molecular formula is C23H25FN6O4. The Morgan fingerprint density at radius 3 is 2.74 bits per heavy atom. The summed E-state index contributed by atoms with van der Waals surface area (Å²) in [4.78, 5) is 13.2. The minimum Gasteiger partial charge on any atom is -0.471 e. The second-order valence-corrected chi connectivity index (χ2v) is 8.71. The molecule has 10 nitrogen and oxygen atoms in total. The van der Waals surface area contributed by atoms with Crippen LogP contribution < -0.4 is 10.1 Å². The van der Waals surface area contributed by atoms with Gasteiger partial charge in [0, 0.05) is 6.04 Å². The molecule has 2 aromatic heterocycles. The van der Waals surface area contributed by atoms with E-state index in [0.717, 1.165) is 25.7 Å². The topological polar surface area (TPSA) is 138 Å². The predicted molar refractivity (Wildman–Crippen MR) is 118 cm³/mol. The molecule has 1 aromatic carbocycles. The number of benzene rings is 1. The molecule has 1 aliphatic heterocycles. The number of aromatic nitrogens is 4. The molecule has 5 rings (SSSR count). The van der Waals surface area contributed by atoms with Crippen molar-refractivity contribution < 1.29 is 24.1 Å². The van der Waals surface area contributed by atoms with Crippen molar-refractivity contribution in [2.24, 2.45) is 0 Å². The molecule has 34 heavy (non-hydrogen) atoms. The second-order valence-electron chi connectivity index (χ2n) is 8.71. The zero-order chi connectivity index (χ0) is 23.8. The summed E-state index contributed by atoms with van der Waals surface area (Å²) in [6, 6.07) is 6.26. The molecule has 0 amide bonds. The molecule has 11 heteroatoms. The maximum atomic E-state index is 14.0. The number of rotatable bonds is 6. The molecule has 1 saturated heterocycles. The molecule has 178 valence electrons. The number of aliphatic hydroxyl groups excluding tert-OH is 2. The summed E-state index contributed by atoms with van der Waals surface area (Å²) in [6.07, 6.45) is 1.86. The number of halogens is 1. The van der Waals surface area contributed by atoms with Gasteiger partial charge in [0.15, 0.2) is 17.4 Å². The monoisotopic (exact) mass is 468 g/mol. The highest BCUT2D eigenvalue weighted by Crippen LogP contribution is 2.37. The van der Waals surface area contributed by atoms with Gasteiger partial charge in [-0.15, -0.1) is 0 Å². The Hall–Kier alpha value is -3.33. The van der Waals surface area contributed by atoms with E-state index < -0.39 is 30.4 Å². The zero-order valence-corrected chi connectivity index (χ0v) is 18.6. The Morgan fingerprint density at radius 1 is 1.26 bits per heavy atom. The number of hydrogen-bond donors (Lipinski definition) is 3. The first-order valence-electron chi connectivity index (χ1n) is 11.3. The molecule has 3 N–H and O–H groups in total. The summed E-state index contributed by atoms with van der Waals surface area (Å²) >= 11 is 0. The first kappa shape index (κ1) is 22.5. The van der Waals surface area contributed by atoms with Gasteiger partial charge in [0.25, 0.3) is 0 Å². The van der Waals surface area contributed by atoms with Crippen molar-refractivity contribution in [1.82, 2.24) is 19.5 Å². The van der Waals surface area contributed by atoms with Crippen LogP contribution in [0.25, 0.3) is 11.2 Å². The minimum absolute atomic E-state index is 0.00525. The Labute approximate surface area is 195 Å². The lowest BCUT2D eigenvalue weighted by Gasteiger charge is -2.21. The normalized spacial score (nSPS) is 25.0. The van der Waals surface area contributed by atoms with Crippen molar-refractivity contribution in [1.29, 1.82) is 5.26 Å². The molecule has 0 bridgehead atoms. The Morgan fingerprint density at radius 2 is 2.06 bits per heavy atom. The van der Waals surface area contributed by atoms with Gasteiger partial charge in [0.2, 0.25) is 11.8 Å². The van der Waals surface area contributed by atoms with Gasteiger partial charge in [-0.05, 0) is 37.5 Å². The van der Waals surface area contributed by atoms with Crippen molar-refractivity contribution in [2.45, 2.75) is 69.8 Å². The van der Waals surface area contributed by atoms with E-state index >= 15 is 0 Å². The number of nitrogens with zero attached hydrogens (tertiary/aromatic N) is 5. The lowest BCUT2D eigenvalue weighted by Crippen LogP contribution is -2.31. The van der Waals surface area contributed by atoms with Crippen LogP contribution in [0.4, 0.5) is 10.3 Å². The van der Waals surface area contributed by atoms with E-state index in [-0.39, 0.29) is 24.1 Å². The van der Waals surface area contributed by atoms with Crippen molar-refractivity contribution >= 4 is 17.1 Å². The quantitative estimate of drug-likeness (QED) is 0.498. The molecule has 0 unspecified atom stereocenters. The molecule has 2 aliphatic rings. The maximum Gasteiger partial charge on any atom is 0.245 e. The van der Waals surface area contributed by atoms with Crippen LogP contribution in [0, 0.1) is 17.1 Å². The number of aliphatic hydroxyl groups is 2. The fraction of sp³-hybridized carbons (Fsp3) is 0.478. The molecular weight excluding hydrogens is 443 g/mol. The highest BCUT2D eigenvalue weighted by atomic mass is 19.1. The largest absolute Gasteiger partial charge is 0.471 e. The van der Waals surface area contributed by atoms with Gasteiger partial charge >= 0.3 is 0 Å². The maximum absolute atomic E-state index is 14.0. The number of hydrogen-bond acceptors (Lipinski definition) is 9. The number of fused-ring (bicyclic) bond motifs is 1. The van der Waals surface area contributed by atoms with Gasteiger partial charge in [-0.1, -0.05) is 18.9 Å². The van der Waals surface area contributed by atoms with Gasteiger partial charge in [-0.3, -0.25) is 4.57 Å². The van der Waals surface area contributed by atoms with E-state index in [1.54, 1.807) is 23.6 Å². The Kier molecular flexibility index (Phi) is 6.03. The standard InChI is InChI=1S/C23H25FN6O4/c1-12-18(31)19(32)22(34-12)30-20-17(29-23(30)28-15-4-2-3-5-15)21(27-11-26-20)33-10-13-6-7-14(9-25)16(24)8-13/h6-8,11-12,15,18-19,22,31-32H,2-5,10H2,1H3,(H,28,29)/t12-,18-,19-,22-/m1/s1. The molecule has 0 radical (unpaired) electrons. The van der Waals surface area contributed by atoms with E-state index in [1.807, 2.05) is 0 Å². The summed E-state index contributed by atoms with van der Waals surface area (Å²) in [6.45, 7) is 1.70. The first-order chi connectivity index (χ1) is 16.5. The van der Waals surface area contributed by atoms with Crippen LogP contribution in [-0.2, 0) is 11.3 Å². The second kappa shape index (κ2) is 9.13. The summed E-state index contributed by atoms with van der Waals surface area (Å²) in [5, 5.41) is 33.3. The molecule has 4 atom stereocenters. The minimum atomic E-state index is -1.17. The van der Waals surface area contributed by atoms with Gasteiger partial charge in [-0.25, -0.2) is 14.4 Å². The van der Waals surface area contributed by atoms with Crippen LogP contribution in [0.15, 0.2) is 24.5 Å². The van der Waals surface area contributed by atoms with Crippen LogP contribution in [0.2, 0.25) is 0 Å². The van der Waals surface area contributed by atoms with Gasteiger partial charge in [0.05, 0.1) is 11.7 Å². The summed E-state index contributed by atoms with van der Waals surface area (Å²) in [5.74, 6) is 0.00917. The van der Waals surface area contributed by atoms with Crippen molar-refractivity contribution in [3.8, 4) is 11.9 Å². The average molecular weight is 468 g/mol.